The zero-order chi connectivity index (χ0) is 23.3. The minimum atomic E-state index is -0.406. The number of rotatable bonds is 3. The third kappa shape index (κ3) is 5.60. The Morgan fingerprint density at radius 3 is 2.69 bits per heavy atom. The number of anilines is 1. The summed E-state index contributed by atoms with van der Waals surface area (Å²) in [7, 11) is 5.48. The number of likely N-dealkylation sites (N-methyl/N-ethyl adjacent to an activating group) is 2. The van der Waals surface area contributed by atoms with Gasteiger partial charge in [-0.05, 0) is 38.1 Å². The molecule has 9 nitrogen and oxygen atoms in total. The van der Waals surface area contributed by atoms with Crippen molar-refractivity contribution in [1.29, 1.82) is 0 Å². The number of hydrogen-bond acceptors (Lipinski definition) is 7. The molecule has 172 valence electrons. The zero-order valence-corrected chi connectivity index (χ0v) is 19.2. The van der Waals surface area contributed by atoms with E-state index in [-0.39, 0.29) is 29.7 Å². The van der Waals surface area contributed by atoms with Gasteiger partial charge >= 0.3 is 0 Å². The van der Waals surface area contributed by atoms with Crippen LogP contribution >= 0.6 is 0 Å². The Morgan fingerprint density at radius 1 is 1.22 bits per heavy atom. The summed E-state index contributed by atoms with van der Waals surface area (Å²) < 4.78 is 11.7. The fraction of sp³-hybridized carbons (Fsp3) is 0.478. The molecule has 0 radical (unpaired) electrons. The van der Waals surface area contributed by atoms with Crippen molar-refractivity contribution in [1.82, 2.24) is 19.8 Å². The van der Waals surface area contributed by atoms with Gasteiger partial charge in [-0.3, -0.25) is 19.5 Å². The van der Waals surface area contributed by atoms with E-state index in [1.54, 1.807) is 37.3 Å². The van der Waals surface area contributed by atoms with E-state index in [0.29, 0.717) is 30.2 Å². The van der Waals surface area contributed by atoms with E-state index in [4.69, 9.17) is 9.47 Å². The van der Waals surface area contributed by atoms with Crippen molar-refractivity contribution in [3.05, 3.63) is 48.0 Å². The van der Waals surface area contributed by atoms with Gasteiger partial charge in [-0.15, -0.1) is 0 Å². The van der Waals surface area contributed by atoms with Crippen LogP contribution in [-0.2, 0) is 4.74 Å². The molecule has 1 N–H and O–H groups in total. The second-order valence-electron chi connectivity index (χ2n) is 8.29. The highest BCUT2D eigenvalue weighted by atomic mass is 16.5. The van der Waals surface area contributed by atoms with Crippen molar-refractivity contribution in [2.24, 2.45) is 5.92 Å². The van der Waals surface area contributed by atoms with E-state index in [1.165, 1.54) is 18.6 Å². The van der Waals surface area contributed by atoms with Gasteiger partial charge < -0.3 is 19.7 Å². The fourth-order valence-electron chi connectivity index (χ4n) is 3.65. The molecule has 32 heavy (non-hydrogen) atoms. The Labute approximate surface area is 188 Å². The molecule has 0 saturated heterocycles. The third-order valence-corrected chi connectivity index (χ3v) is 5.81. The molecule has 1 aliphatic heterocycles. The number of ether oxygens (including phenoxy) is 2. The van der Waals surface area contributed by atoms with Crippen LogP contribution < -0.4 is 10.1 Å². The normalized spacial score (nSPS) is 22.8. The van der Waals surface area contributed by atoms with Gasteiger partial charge in [0.2, 0.25) is 0 Å². The number of hydrogen-bond donors (Lipinski definition) is 1. The Morgan fingerprint density at radius 2 is 2.00 bits per heavy atom. The first-order valence-electron chi connectivity index (χ1n) is 10.6. The second kappa shape index (κ2) is 10.5. The number of nitrogens with zero attached hydrogens (tertiary/aromatic N) is 4. The standard InChI is InChI=1S/C23H31N5O4/c1-15-12-27(3)16(2)14-32-20-7-6-17(26-22(29)19-11-24-8-9-25-19)10-18(20)23(30)28(4)13-21(15)31-5/h6-11,15-16,21H,12-14H2,1-5H3,(H,26,29)/t15-,16+,21-/m0/s1. The number of carbonyl (C=O) groups is 2. The highest BCUT2D eigenvalue weighted by molar-refractivity contribution is 6.04. The van der Waals surface area contributed by atoms with Crippen LogP contribution in [0.3, 0.4) is 0 Å². The molecule has 3 atom stereocenters. The summed E-state index contributed by atoms with van der Waals surface area (Å²) in [5.74, 6) is 0.0873. The summed E-state index contributed by atoms with van der Waals surface area (Å²) >= 11 is 0. The van der Waals surface area contributed by atoms with Crippen molar-refractivity contribution in [3.63, 3.8) is 0 Å². The lowest BCUT2D eigenvalue weighted by Crippen LogP contribution is -2.45. The minimum Gasteiger partial charge on any atom is -0.491 e. The Balaban J connectivity index is 1.91. The smallest absolute Gasteiger partial charge is 0.275 e. The van der Waals surface area contributed by atoms with Gasteiger partial charge in [-0.25, -0.2) is 4.98 Å². The van der Waals surface area contributed by atoms with Gasteiger partial charge in [0.25, 0.3) is 11.8 Å². The van der Waals surface area contributed by atoms with Crippen molar-refractivity contribution in [2.45, 2.75) is 26.0 Å². The molecule has 9 heteroatoms. The first-order chi connectivity index (χ1) is 15.3. The number of aromatic nitrogens is 2. The molecule has 0 fully saturated rings. The lowest BCUT2D eigenvalue weighted by Gasteiger charge is -2.34. The van der Waals surface area contributed by atoms with Crippen LogP contribution in [0, 0.1) is 5.92 Å². The maximum atomic E-state index is 13.3. The maximum Gasteiger partial charge on any atom is 0.275 e. The molecule has 2 aromatic rings. The molecular formula is C23H31N5O4. The lowest BCUT2D eigenvalue weighted by atomic mass is 10.0. The summed E-state index contributed by atoms with van der Waals surface area (Å²) in [4.78, 5) is 37.6. The molecule has 1 aromatic carbocycles. The van der Waals surface area contributed by atoms with E-state index in [9.17, 15) is 9.59 Å². The highest BCUT2D eigenvalue weighted by Crippen LogP contribution is 2.26. The van der Waals surface area contributed by atoms with Crippen molar-refractivity contribution in [2.75, 3.05) is 46.2 Å². The molecule has 0 aliphatic carbocycles. The summed E-state index contributed by atoms with van der Waals surface area (Å²) in [6.07, 6.45) is 4.22. The number of methoxy groups -OCH3 is 1. The molecule has 0 spiro atoms. The van der Waals surface area contributed by atoms with Crippen LogP contribution in [0.15, 0.2) is 36.8 Å². The van der Waals surface area contributed by atoms with Gasteiger partial charge in [0.15, 0.2) is 0 Å². The second-order valence-corrected chi connectivity index (χ2v) is 8.29. The number of carbonyl (C=O) groups excluding carboxylic acids is 2. The Kier molecular flexibility index (Phi) is 7.76. The molecular weight excluding hydrogens is 410 g/mol. The summed E-state index contributed by atoms with van der Waals surface area (Å²) in [5.41, 5.74) is 1.04. The third-order valence-electron chi connectivity index (χ3n) is 5.81. The highest BCUT2D eigenvalue weighted by Gasteiger charge is 2.27. The van der Waals surface area contributed by atoms with E-state index in [0.717, 1.165) is 6.54 Å². The summed E-state index contributed by atoms with van der Waals surface area (Å²) in [6.45, 7) is 5.90. The predicted octanol–water partition coefficient (Wildman–Crippen LogP) is 2.16. The van der Waals surface area contributed by atoms with Gasteiger partial charge in [-0.2, -0.15) is 0 Å². The van der Waals surface area contributed by atoms with Crippen LogP contribution in [0.25, 0.3) is 0 Å². The summed E-state index contributed by atoms with van der Waals surface area (Å²) in [5, 5.41) is 2.77. The Bertz CT molecular complexity index is 939. The van der Waals surface area contributed by atoms with Crippen LogP contribution in [-0.4, -0.2) is 84.6 Å². The average molecular weight is 442 g/mol. The molecule has 0 saturated carbocycles. The number of amides is 2. The average Bonchev–Trinajstić information content (AvgIpc) is 2.80. The van der Waals surface area contributed by atoms with Gasteiger partial charge in [0, 0.05) is 51.4 Å². The van der Waals surface area contributed by atoms with Crippen molar-refractivity contribution < 1.29 is 19.1 Å². The van der Waals surface area contributed by atoms with E-state index in [1.807, 2.05) is 0 Å². The number of fused-ring (bicyclic) bond motifs is 1. The van der Waals surface area contributed by atoms with Gasteiger partial charge in [0.1, 0.15) is 18.1 Å². The first-order valence-corrected chi connectivity index (χ1v) is 10.6. The van der Waals surface area contributed by atoms with Crippen LogP contribution in [0.1, 0.15) is 34.7 Å². The Hall–Kier alpha value is -3.04. The first kappa shape index (κ1) is 23.6. The monoisotopic (exact) mass is 441 g/mol. The number of benzene rings is 1. The largest absolute Gasteiger partial charge is 0.491 e. The fourth-order valence-corrected chi connectivity index (χ4v) is 3.65. The summed E-state index contributed by atoms with van der Waals surface area (Å²) in [6, 6.07) is 5.20. The maximum absolute atomic E-state index is 13.3. The van der Waals surface area contributed by atoms with Gasteiger partial charge in [-0.1, -0.05) is 6.92 Å². The molecule has 3 rings (SSSR count). The van der Waals surface area contributed by atoms with Crippen molar-refractivity contribution in [3.8, 4) is 5.75 Å². The molecule has 0 bridgehead atoms. The molecule has 1 aliphatic rings. The molecule has 1 aromatic heterocycles. The van der Waals surface area contributed by atoms with Crippen molar-refractivity contribution >= 4 is 17.5 Å². The van der Waals surface area contributed by atoms with Crippen LogP contribution in [0.4, 0.5) is 5.69 Å². The van der Waals surface area contributed by atoms with E-state index >= 15 is 0 Å². The predicted molar refractivity (Wildman–Crippen MR) is 121 cm³/mol. The minimum absolute atomic E-state index is 0.109. The van der Waals surface area contributed by atoms with Crippen LogP contribution in [0.2, 0.25) is 0 Å². The van der Waals surface area contributed by atoms with Crippen LogP contribution in [0.5, 0.6) is 5.75 Å². The SMILES string of the molecule is CO[C@H]1CN(C)C(=O)c2cc(NC(=O)c3cnccn3)ccc2OC[C@@H](C)N(C)C[C@@H]1C. The molecule has 2 heterocycles. The van der Waals surface area contributed by atoms with Gasteiger partial charge in [0.05, 0.1) is 17.9 Å². The zero-order valence-electron chi connectivity index (χ0n) is 19.2. The topological polar surface area (TPSA) is 96.9 Å². The van der Waals surface area contributed by atoms with E-state index in [2.05, 4.69) is 41.1 Å². The molecule has 2 amide bonds. The molecule has 0 unspecified atom stereocenters. The number of nitrogens with one attached hydrogen (secondary N) is 1. The lowest BCUT2D eigenvalue weighted by molar-refractivity contribution is 0.0150. The quantitative estimate of drug-likeness (QED) is 0.780. The van der Waals surface area contributed by atoms with E-state index < -0.39 is 5.91 Å².